The van der Waals surface area contributed by atoms with Gasteiger partial charge >= 0.3 is 0 Å². The number of para-hydroxylation sites is 5. The summed E-state index contributed by atoms with van der Waals surface area (Å²) in [5, 5.41) is 4.51. The molecule has 0 spiro atoms. The molecule has 0 radical (unpaired) electrons. The van der Waals surface area contributed by atoms with Crippen LogP contribution in [0.2, 0.25) is 0 Å². The van der Waals surface area contributed by atoms with Gasteiger partial charge in [-0.25, -0.2) is 15.0 Å². The Morgan fingerprint density at radius 1 is 0.450 bits per heavy atom. The van der Waals surface area contributed by atoms with E-state index in [9.17, 15) is 0 Å². The van der Waals surface area contributed by atoms with Crippen molar-refractivity contribution in [1.29, 1.82) is 0 Å². The van der Waals surface area contributed by atoms with Gasteiger partial charge in [-0.15, -0.1) is 0 Å². The molecule has 0 unspecified atom stereocenters. The van der Waals surface area contributed by atoms with E-state index >= 15 is 0 Å². The van der Waals surface area contributed by atoms with Crippen molar-refractivity contribution in [1.82, 2.24) is 23.9 Å². The lowest BCUT2D eigenvalue weighted by molar-refractivity contribution is 1.01. The van der Waals surface area contributed by atoms with Gasteiger partial charge in [0.15, 0.2) is 5.65 Å². The predicted molar refractivity (Wildman–Crippen MR) is 163 cm³/mol. The lowest BCUT2D eigenvalue weighted by Gasteiger charge is -2.12. The molecule has 5 aromatic carbocycles. The minimum atomic E-state index is 0.632. The molecular weight excluding hydrogens is 490 g/mol. The molecule has 0 amide bonds. The molecule has 0 fully saturated rings. The molecule has 0 saturated carbocycles. The number of hydrogen-bond donors (Lipinski definition) is 0. The van der Waals surface area contributed by atoms with Gasteiger partial charge in [-0.3, -0.25) is 8.97 Å². The highest BCUT2D eigenvalue weighted by Gasteiger charge is 2.23. The molecule has 9 aromatic rings. The fraction of sp³-hybridized carbons (Fsp3) is 0. The minimum absolute atomic E-state index is 0.632. The summed E-state index contributed by atoms with van der Waals surface area (Å²) in [5.74, 6) is 0.632. The van der Waals surface area contributed by atoms with E-state index in [1.165, 1.54) is 5.39 Å². The Bertz CT molecular complexity index is 2430. The van der Waals surface area contributed by atoms with Crippen LogP contribution in [0.25, 0.3) is 77.5 Å². The van der Waals surface area contributed by atoms with Gasteiger partial charge in [0.05, 0.1) is 33.3 Å². The zero-order chi connectivity index (χ0) is 26.2. The molecule has 0 atom stereocenters. The number of nitrogens with zero attached hydrogens (tertiary/aromatic N) is 5. The Morgan fingerprint density at radius 3 is 1.85 bits per heavy atom. The summed E-state index contributed by atoms with van der Waals surface area (Å²) in [4.78, 5) is 15.6. The zero-order valence-electron chi connectivity index (χ0n) is 21.4. The monoisotopic (exact) mass is 511 g/mol. The second-order valence-corrected chi connectivity index (χ2v) is 10.1. The largest absolute Gasteiger partial charge is 0.290 e. The van der Waals surface area contributed by atoms with E-state index in [-0.39, 0.29) is 0 Å². The fourth-order valence-electron chi connectivity index (χ4n) is 6.22. The molecule has 0 bridgehead atoms. The topological polar surface area (TPSA) is 48.0 Å². The number of pyridine rings is 1. The Balaban J connectivity index is 1.54. The number of rotatable bonds is 2. The second kappa shape index (κ2) is 7.98. The third-order valence-corrected chi connectivity index (χ3v) is 7.90. The molecule has 0 aliphatic heterocycles. The Kier molecular flexibility index (Phi) is 4.27. The SMILES string of the molecule is c1ccc(-c2nc(-n3c4ccccc4c4c5ccccc5n5c6ccccc6nc5c43)nc3ccccc23)cc1. The first-order chi connectivity index (χ1) is 19.9. The summed E-state index contributed by atoms with van der Waals surface area (Å²) in [5.41, 5.74) is 9.00. The van der Waals surface area contributed by atoms with Gasteiger partial charge in [0, 0.05) is 27.1 Å². The molecule has 0 saturated heterocycles. The molecule has 186 valence electrons. The number of hydrogen-bond acceptors (Lipinski definition) is 3. The van der Waals surface area contributed by atoms with E-state index in [2.05, 4.69) is 112 Å². The van der Waals surface area contributed by atoms with E-state index in [0.717, 1.165) is 66.2 Å². The highest BCUT2D eigenvalue weighted by atomic mass is 15.2. The molecule has 0 aliphatic rings. The van der Waals surface area contributed by atoms with Gasteiger partial charge in [-0.1, -0.05) is 97.1 Å². The van der Waals surface area contributed by atoms with Crippen LogP contribution in [0.15, 0.2) is 127 Å². The Labute approximate surface area is 228 Å². The lowest BCUT2D eigenvalue weighted by Crippen LogP contribution is -2.04. The highest BCUT2D eigenvalue weighted by Crippen LogP contribution is 2.40. The molecule has 40 heavy (non-hydrogen) atoms. The van der Waals surface area contributed by atoms with Crippen LogP contribution in [0.4, 0.5) is 0 Å². The summed E-state index contributed by atoms with van der Waals surface area (Å²) in [6.07, 6.45) is 0. The van der Waals surface area contributed by atoms with Crippen molar-refractivity contribution < 1.29 is 0 Å². The van der Waals surface area contributed by atoms with Gasteiger partial charge in [0.1, 0.15) is 5.52 Å². The van der Waals surface area contributed by atoms with E-state index in [1.807, 2.05) is 24.3 Å². The Hall–Kier alpha value is -5.55. The van der Waals surface area contributed by atoms with E-state index < -0.39 is 0 Å². The van der Waals surface area contributed by atoms with E-state index in [4.69, 9.17) is 15.0 Å². The first kappa shape index (κ1) is 21.4. The van der Waals surface area contributed by atoms with Gasteiger partial charge in [-0.05, 0) is 30.3 Å². The average Bonchev–Trinajstić information content (AvgIpc) is 3.58. The van der Waals surface area contributed by atoms with Crippen LogP contribution in [-0.4, -0.2) is 23.9 Å². The quantitative estimate of drug-likeness (QED) is 0.234. The number of aromatic nitrogens is 5. The number of benzene rings is 5. The lowest BCUT2D eigenvalue weighted by atomic mass is 10.1. The summed E-state index contributed by atoms with van der Waals surface area (Å²) >= 11 is 0. The van der Waals surface area contributed by atoms with Crippen LogP contribution in [0.5, 0.6) is 0 Å². The zero-order valence-corrected chi connectivity index (χ0v) is 21.4. The smallest absolute Gasteiger partial charge is 0.235 e. The van der Waals surface area contributed by atoms with Crippen LogP contribution in [-0.2, 0) is 0 Å². The maximum absolute atomic E-state index is 5.27. The summed E-state index contributed by atoms with van der Waals surface area (Å²) in [6.45, 7) is 0. The molecule has 4 aromatic heterocycles. The van der Waals surface area contributed by atoms with Crippen LogP contribution in [0.3, 0.4) is 0 Å². The van der Waals surface area contributed by atoms with Crippen molar-refractivity contribution in [3.63, 3.8) is 0 Å². The standard InChI is InChI=1S/C35H21N5/c1-2-12-22(13-3-1)32-23-14-4-7-17-26(23)37-35(38-32)40-29-20-10-6-16-25(29)31-24-15-5-9-19-28(24)39-30-21-11-8-18-27(30)36-34(39)33(31)40/h1-21H. The predicted octanol–water partition coefficient (Wildman–Crippen LogP) is 8.35. The van der Waals surface area contributed by atoms with E-state index in [0.29, 0.717) is 5.95 Å². The van der Waals surface area contributed by atoms with Crippen molar-refractivity contribution >= 4 is 60.3 Å². The van der Waals surface area contributed by atoms with Crippen molar-refractivity contribution in [2.24, 2.45) is 0 Å². The number of imidazole rings is 1. The molecule has 0 N–H and O–H groups in total. The molecule has 5 nitrogen and oxygen atoms in total. The molecule has 4 heterocycles. The third-order valence-electron chi connectivity index (χ3n) is 7.90. The second-order valence-electron chi connectivity index (χ2n) is 10.1. The minimum Gasteiger partial charge on any atom is -0.290 e. The van der Waals surface area contributed by atoms with Crippen LogP contribution in [0, 0.1) is 0 Å². The Morgan fingerprint density at radius 2 is 1.05 bits per heavy atom. The molecule has 9 rings (SSSR count). The maximum Gasteiger partial charge on any atom is 0.235 e. The van der Waals surface area contributed by atoms with Gasteiger partial charge in [-0.2, -0.15) is 0 Å². The van der Waals surface area contributed by atoms with Crippen molar-refractivity contribution in [2.75, 3.05) is 0 Å². The maximum atomic E-state index is 5.27. The summed E-state index contributed by atoms with van der Waals surface area (Å²) in [6, 6.07) is 44.1. The van der Waals surface area contributed by atoms with Gasteiger partial charge in [0.2, 0.25) is 5.95 Å². The van der Waals surface area contributed by atoms with Gasteiger partial charge < -0.3 is 0 Å². The molecular formula is C35H21N5. The average molecular weight is 512 g/mol. The summed E-state index contributed by atoms with van der Waals surface area (Å²) < 4.78 is 4.48. The molecule has 0 aliphatic carbocycles. The van der Waals surface area contributed by atoms with E-state index in [1.54, 1.807) is 0 Å². The van der Waals surface area contributed by atoms with Crippen molar-refractivity contribution in [3.8, 4) is 17.2 Å². The number of fused-ring (bicyclic) bond motifs is 11. The summed E-state index contributed by atoms with van der Waals surface area (Å²) in [7, 11) is 0. The molecule has 5 heteroatoms. The normalized spacial score (nSPS) is 12.0. The van der Waals surface area contributed by atoms with Crippen LogP contribution >= 0.6 is 0 Å². The van der Waals surface area contributed by atoms with Crippen LogP contribution in [0.1, 0.15) is 0 Å². The first-order valence-electron chi connectivity index (χ1n) is 13.4. The third kappa shape index (κ3) is 2.83. The van der Waals surface area contributed by atoms with Crippen LogP contribution < -0.4 is 0 Å². The fourth-order valence-corrected chi connectivity index (χ4v) is 6.22. The van der Waals surface area contributed by atoms with Gasteiger partial charge in [0.25, 0.3) is 0 Å². The van der Waals surface area contributed by atoms with Crippen molar-refractivity contribution in [2.45, 2.75) is 0 Å². The highest BCUT2D eigenvalue weighted by molar-refractivity contribution is 6.25. The van der Waals surface area contributed by atoms with Crippen molar-refractivity contribution in [3.05, 3.63) is 127 Å². The first-order valence-corrected chi connectivity index (χ1v) is 13.4.